The molecule has 6 rings (SSSR count). The van der Waals surface area contributed by atoms with Crippen LogP contribution in [0.15, 0.2) is 138 Å². The van der Waals surface area contributed by atoms with Crippen LogP contribution in [0.3, 0.4) is 0 Å². The Morgan fingerprint density at radius 3 is 2.11 bits per heavy atom. The number of para-hydroxylation sites is 3. The highest BCUT2D eigenvalue weighted by molar-refractivity contribution is 8.00. The second-order valence-electron chi connectivity index (χ2n) is 10.2. The first-order chi connectivity index (χ1) is 22.0. The van der Waals surface area contributed by atoms with E-state index in [9.17, 15) is 14.4 Å². The normalized spacial score (nSPS) is 11.4. The monoisotopic (exact) mass is 611 g/mol. The molecule has 0 bridgehead atoms. The van der Waals surface area contributed by atoms with Crippen molar-refractivity contribution in [2.24, 2.45) is 0 Å². The molecule has 1 heterocycles. The van der Waals surface area contributed by atoms with Crippen molar-refractivity contribution in [1.82, 2.24) is 9.88 Å². The van der Waals surface area contributed by atoms with Crippen LogP contribution in [0.4, 0.5) is 5.69 Å². The Bertz CT molecular complexity index is 2010. The van der Waals surface area contributed by atoms with Crippen molar-refractivity contribution in [3.63, 3.8) is 0 Å². The molecule has 0 aliphatic rings. The molecule has 2 N–H and O–H groups in total. The molecule has 222 valence electrons. The van der Waals surface area contributed by atoms with Crippen LogP contribution in [-0.2, 0) is 4.79 Å². The minimum atomic E-state index is -0.506. The van der Waals surface area contributed by atoms with E-state index in [-0.39, 0.29) is 17.4 Å². The van der Waals surface area contributed by atoms with E-state index in [0.717, 1.165) is 26.7 Å². The third kappa shape index (κ3) is 6.51. The Hall–Kier alpha value is -5.60. The van der Waals surface area contributed by atoms with Gasteiger partial charge in [-0.25, -0.2) is 0 Å². The van der Waals surface area contributed by atoms with Gasteiger partial charge in [0.25, 0.3) is 11.8 Å². The molecule has 0 spiro atoms. The Kier molecular flexibility index (Phi) is 8.75. The molecule has 0 aliphatic carbocycles. The highest BCUT2D eigenvalue weighted by Crippen LogP contribution is 2.30. The number of hydrogen-bond donors (Lipinski definition) is 2. The average Bonchev–Trinajstić information content (AvgIpc) is 3.42. The van der Waals surface area contributed by atoms with Crippen LogP contribution >= 0.6 is 11.8 Å². The summed E-state index contributed by atoms with van der Waals surface area (Å²) in [5, 5.41) is 7.72. The van der Waals surface area contributed by atoms with Gasteiger partial charge in [0.2, 0.25) is 5.91 Å². The molecule has 0 saturated carbocycles. The summed E-state index contributed by atoms with van der Waals surface area (Å²) in [6.07, 6.45) is 1.58. The van der Waals surface area contributed by atoms with Gasteiger partial charge in [0, 0.05) is 32.5 Å². The summed E-state index contributed by atoms with van der Waals surface area (Å²) < 4.78 is 7.22. The molecule has 8 heteroatoms. The molecule has 5 aromatic carbocycles. The first-order valence-corrected chi connectivity index (χ1v) is 15.3. The van der Waals surface area contributed by atoms with E-state index in [0.29, 0.717) is 22.6 Å². The zero-order valence-electron chi connectivity index (χ0n) is 24.4. The third-order valence-corrected chi connectivity index (χ3v) is 8.23. The molecule has 2 amide bonds. The fraction of sp³-hybridized carbons (Fsp3) is 0.0541. The zero-order valence-corrected chi connectivity index (χ0v) is 25.2. The number of rotatable bonds is 9. The number of amides is 2. The number of carbonyl (C=O) groups is 3. The Balaban J connectivity index is 1.21. The van der Waals surface area contributed by atoms with E-state index < -0.39 is 11.8 Å². The van der Waals surface area contributed by atoms with E-state index in [4.69, 9.17) is 4.74 Å². The molecule has 45 heavy (non-hydrogen) atoms. The van der Waals surface area contributed by atoms with Crippen LogP contribution in [0.25, 0.3) is 27.9 Å². The summed E-state index contributed by atoms with van der Waals surface area (Å²) in [6, 6.07) is 39.0. The number of anilines is 1. The van der Waals surface area contributed by atoms with Gasteiger partial charge in [0.15, 0.2) is 0 Å². The molecule has 1 aromatic heterocycles. The molecule has 0 unspecified atom stereocenters. The van der Waals surface area contributed by atoms with Gasteiger partial charge in [0.05, 0.1) is 23.9 Å². The number of carbonyl (C=O) groups excluding carboxylic acids is 3. The van der Waals surface area contributed by atoms with Crippen LogP contribution in [-0.4, -0.2) is 35.2 Å². The molecule has 6 aromatic rings. The van der Waals surface area contributed by atoms with Crippen LogP contribution in [0, 0.1) is 0 Å². The maximum Gasteiger partial charge on any atom is 0.272 e. The Morgan fingerprint density at radius 2 is 1.40 bits per heavy atom. The maximum absolute atomic E-state index is 13.6. The van der Waals surface area contributed by atoms with E-state index in [1.54, 1.807) is 60.2 Å². The lowest BCUT2D eigenvalue weighted by Gasteiger charge is -2.13. The lowest BCUT2D eigenvalue weighted by Crippen LogP contribution is -2.30. The van der Waals surface area contributed by atoms with Crippen molar-refractivity contribution in [2.45, 2.75) is 4.90 Å². The summed E-state index contributed by atoms with van der Waals surface area (Å²) in [7, 11) is 1.55. The molecule has 7 nitrogen and oxygen atoms in total. The van der Waals surface area contributed by atoms with Gasteiger partial charge in [-0.1, -0.05) is 78.9 Å². The number of nitrogens with one attached hydrogen (secondary N) is 2. The zero-order chi connectivity index (χ0) is 31.2. The third-order valence-electron chi connectivity index (χ3n) is 7.25. The number of methoxy groups -OCH3 is 1. The number of nitrogens with zero attached hydrogens (tertiary/aromatic N) is 1. The quantitative estimate of drug-likeness (QED) is 0.130. The number of hydrogen-bond acceptors (Lipinski definition) is 5. The predicted molar refractivity (Wildman–Crippen MR) is 181 cm³/mol. The second kappa shape index (κ2) is 13.4. The topological polar surface area (TPSA) is 89.4 Å². The molecule has 0 aliphatic heterocycles. The van der Waals surface area contributed by atoms with Crippen LogP contribution < -0.4 is 15.4 Å². The van der Waals surface area contributed by atoms with Crippen LogP contribution in [0.1, 0.15) is 20.7 Å². The average molecular weight is 612 g/mol. The highest BCUT2D eigenvalue weighted by Gasteiger charge is 2.18. The van der Waals surface area contributed by atoms with E-state index in [1.807, 2.05) is 84.9 Å². The number of ether oxygens (including phenoxy) is 1. The number of thioether (sulfide) groups is 1. The minimum absolute atomic E-state index is 0.0440. The molecule has 0 saturated heterocycles. The van der Waals surface area contributed by atoms with Crippen molar-refractivity contribution in [3.8, 4) is 5.75 Å². The number of benzene rings is 5. The van der Waals surface area contributed by atoms with Crippen LogP contribution in [0.5, 0.6) is 5.75 Å². The molecular weight excluding hydrogens is 582 g/mol. The molecule has 0 fully saturated rings. The SMILES string of the molecule is COc1ccccc1/C=C(/NC(=O)c1ccccc1)C(=O)Nc1cccc(SCC(=O)n2c3ccccc3c3ccccc32)c1. The molecule has 0 radical (unpaired) electrons. The standard InChI is InChI=1S/C37H29N3O4S/c1-44-34-21-10-5-14-26(34)22-31(39-36(42)25-12-3-2-4-13-25)37(43)38-27-15-11-16-28(23-27)45-24-35(41)40-32-19-8-6-17-29(32)30-18-7-9-20-33(30)40/h2-23H,24H2,1H3,(H,38,43)(H,39,42)/b31-22+. The number of fused-ring (bicyclic) bond motifs is 3. The summed E-state index contributed by atoms with van der Waals surface area (Å²) in [4.78, 5) is 40.9. The second-order valence-corrected chi connectivity index (χ2v) is 11.2. The summed E-state index contributed by atoms with van der Waals surface area (Å²) in [5.41, 5.74) is 3.37. The lowest BCUT2D eigenvalue weighted by molar-refractivity contribution is -0.113. The van der Waals surface area contributed by atoms with Gasteiger partial charge in [-0.2, -0.15) is 0 Å². The predicted octanol–water partition coefficient (Wildman–Crippen LogP) is 7.65. The van der Waals surface area contributed by atoms with Gasteiger partial charge in [-0.05, 0) is 54.6 Å². The van der Waals surface area contributed by atoms with Gasteiger partial charge >= 0.3 is 0 Å². The fourth-order valence-electron chi connectivity index (χ4n) is 5.15. The van der Waals surface area contributed by atoms with Crippen molar-refractivity contribution < 1.29 is 19.1 Å². The summed E-state index contributed by atoms with van der Waals surface area (Å²) >= 11 is 1.39. The van der Waals surface area contributed by atoms with Gasteiger partial charge in [-0.15, -0.1) is 11.8 Å². The van der Waals surface area contributed by atoms with E-state index in [2.05, 4.69) is 10.6 Å². The van der Waals surface area contributed by atoms with Gasteiger partial charge in [0.1, 0.15) is 11.4 Å². The van der Waals surface area contributed by atoms with Crippen molar-refractivity contribution in [1.29, 1.82) is 0 Å². The Labute approximate surface area is 264 Å². The van der Waals surface area contributed by atoms with Crippen molar-refractivity contribution >= 4 is 63.1 Å². The Morgan fingerprint density at radius 1 is 0.756 bits per heavy atom. The highest BCUT2D eigenvalue weighted by atomic mass is 32.2. The number of aromatic nitrogens is 1. The minimum Gasteiger partial charge on any atom is -0.496 e. The van der Waals surface area contributed by atoms with E-state index in [1.165, 1.54) is 11.8 Å². The van der Waals surface area contributed by atoms with Crippen LogP contribution in [0.2, 0.25) is 0 Å². The molecular formula is C37H29N3O4S. The smallest absolute Gasteiger partial charge is 0.272 e. The largest absolute Gasteiger partial charge is 0.496 e. The van der Waals surface area contributed by atoms with Gasteiger partial charge in [-0.3, -0.25) is 19.0 Å². The first kappa shape index (κ1) is 29.5. The van der Waals surface area contributed by atoms with Gasteiger partial charge < -0.3 is 15.4 Å². The van der Waals surface area contributed by atoms with Crippen molar-refractivity contribution in [3.05, 3.63) is 144 Å². The summed E-state index contributed by atoms with van der Waals surface area (Å²) in [5.74, 6) is -0.208. The maximum atomic E-state index is 13.6. The lowest BCUT2D eigenvalue weighted by atomic mass is 10.1. The molecule has 0 atom stereocenters. The first-order valence-electron chi connectivity index (χ1n) is 14.3. The summed E-state index contributed by atoms with van der Waals surface area (Å²) in [6.45, 7) is 0. The van der Waals surface area contributed by atoms with E-state index >= 15 is 0 Å². The van der Waals surface area contributed by atoms with Crippen molar-refractivity contribution in [2.75, 3.05) is 18.2 Å². The fourth-order valence-corrected chi connectivity index (χ4v) is 5.95.